The molecule has 0 aliphatic rings. The van der Waals surface area contributed by atoms with Crippen molar-refractivity contribution in [2.45, 2.75) is 13.5 Å². The Morgan fingerprint density at radius 1 is 1.35 bits per heavy atom. The Bertz CT molecular complexity index is 1040. The van der Waals surface area contributed by atoms with Gasteiger partial charge in [-0.3, -0.25) is 19.0 Å². The molecule has 0 fully saturated rings. The lowest BCUT2D eigenvalue weighted by Crippen LogP contribution is -2.27. The molecule has 10 heteroatoms. The first kappa shape index (κ1) is 17.5. The maximum Gasteiger partial charge on any atom is 0.273 e. The summed E-state index contributed by atoms with van der Waals surface area (Å²) in [5.74, 6) is -0.635. The quantitative estimate of drug-likeness (QED) is 0.663. The summed E-state index contributed by atoms with van der Waals surface area (Å²) in [5.41, 5.74) is 5.34. The molecule has 0 aliphatic carbocycles. The molecule has 3 N–H and O–H groups in total. The normalized spacial score (nSPS) is 10.7. The van der Waals surface area contributed by atoms with Gasteiger partial charge in [0, 0.05) is 0 Å². The third kappa shape index (κ3) is 3.40. The topological polar surface area (TPSA) is 129 Å². The minimum absolute atomic E-state index is 0.0515. The summed E-state index contributed by atoms with van der Waals surface area (Å²) in [4.78, 5) is 40.1. The van der Waals surface area contributed by atoms with Crippen molar-refractivity contribution in [3.05, 3.63) is 46.6 Å². The van der Waals surface area contributed by atoms with Crippen molar-refractivity contribution in [2.75, 3.05) is 11.9 Å². The summed E-state index contributed by atoms with van der Waals surface area (Å²) in [5, 5.41) is 2.70. The van der Waals surface area contributed by atoms with Crippen LogP contribution in [0.3, 0.4) is 0 Å². The Hall–Kier alpha value is -3.27. The number of hydrogen-bond acceptors (Lipinski definition) is 7. The second-order valence-electron chi connectivity index (χ2n) is 5.23. The number of nitrogens with two attached hydrogens (primary N) is 1. The van der Waals surface area contributed by atoms with Crippen LogP contribution in [0.15, 0.2) is 35.4 Å². The SMILES string of the molecule is CCOc1ccccc1NC(=O)Cn1cnc2c(C(N)=O)nsc2c1=O. The lowest BCUT2D eigenvalue weighted by atomic mass is 10.3. The van der Waals surface area contributed by atoms with E-state index in [2.05, 4.69) is 14.7 Å². The zero-order valence-electron chi connectivity index (χ0n) is 13.8. The van der Waals surface area contributed by atoms with Gasteiger partial charge in [-0.2, -0.15) is 4.37 Å². The Balaban J connectivity index is 1.83. The molecule has 0 bridgehead atoms. The fourth-order valence-electron chi connectivity index (χ4n) is 2.33. The van der Waals surface area contributed by atoms with Gasteiger partial charge in [0.2, 0.25) is 5.91 Å². The van der Waals surface area contributed by atoms with E-state index >= 15 is 0 Å². The zero-order valence-corrected chi connectivity index (χ0v) is 14.6. The zero-order chi connectivity index (χ0) is 18.7. The van der Waals surface area contributed by atoms with E-state index in [9.17, 15) is 14.4 Å². The first-order valence-electron chi connectivity index (χ1n) is 7.67. The molecule has 0 radical (unpaired) electrons. The van der Waals surface area contributed by atoms with Gasteiger partial charge in [0.15, 0.2) is 5.69 Å². The van der Waals surface area contributed by atoms with Gasteiger partial charge in [0.25, 0.3) is 11.5 Å². The Labute approximate surface area is 151 Å². The predicted octanol–water partition coefficient (Wildman–Crippen LogP) is 0.989. The number of para-hydroxylation sites is 2. The fraction of sp³-hybridized carbons (Fsp3) is 0.188. The van der Waals surface area contributed by atoms with Crippen LogP contribution >= 0.6 is 11.5 Å². The highest BCUT2D eigenvalue weighted by atomic mass is 32.1. The lowest BCUT2D eigenvalue weighted by molar-refractivity contribution is -0.116. The van der Waals surface area contributed by atoms with Crippen LogP contribution < -0.4 is 21.3 Å². The molecule has 134 valence electrons. The van der Waals surface area contributed by atoms with Gasteiger partial charge in [-0.25, -0.2) is 4.98 Å². The maximum atomic E-state index is 12.5. The van der Waals surface area contributed by atoms with Crippen LogP contribution in [-0.2, 0) is 11.3 Å². The first-order chi connectivity index (χ1) is 12.5. The number of carbonyl (C=O) groups excluding carboxylic acids is 2. The van der Waals surface area contributed by atoms with E-state index in [1.807, 2.05) is 6.92 Å². The summed E-state index contributed by atoms with van der Waals surface area (Å²) in [6.45, 7) is 2.06. The smallest absolute Gasteiger partial charge is 0.273 e. The molecule has 9 nitrogen and oxygen atoms in total. The van der Waals surface area contributed by atoms with E-state index in [4.69, 9.17) is 10.5 Å². The van der Waals surface area contributed by atoms with Crippen molar-refractivity contribution in [3.63, 3.8) is 0 Å². The van der Waals surface area contributed by atoms with E-state index < -0.39 is 17.4 Å². The van der Waals surface area contributed by atoms with E-state index in [1.54, 1.807) is 24.3 Å². The monoisotopic (exact) mass is 373 g/mol. The number of amides is 2. The standard InChI is InChI=1S/C16H15N5O4S/c1-2-25-10-6-4-3-5-9(10)19-11(22)7-21-8-18-12-13(15(17)23)20-26-14(12)16(21)24/h3-6,8H,2,7H2,1H3,(H2,17,23)(H,19,22). The van der Waals surface area contributed by atoms with E-state index in [0.717, 1.165) is 16.1 Å². The molecule has 0 saturated carbocycles. The first-order valence-corrected chi connectivity index (χ1v) is 8.45. The summed E-state index contributed by atoms with van der Waals surface area (Å²) in [7, 11) is 0. The summed E-state index contributed by atoms with van der Waals surface area (Å²) in [6, 6.07) is 7.00. The molecule has 0 aliphatic heterocycles. The average Bonchev–Trinajstić information content (AvgIpc) is 3.04. The Morgan fingerprint density at radius 2 is 2.12 bits per heavy atom. The van der Waals surface area contributed by atoms with E-state index in [1.165, 1.54) is 6.33 Å². The highest BCUT2D eigenvalue weighted by molar-refractivity contribution is 7.13. The van der Waals surface area contributed by atoms with E-state index in [-0.39, 0.29) is 22.5 Å². The van der Waals surface area contributed by atoms with Gasteiger partial charge in [-0.15, -0.1) is 0 Å². The number of carbonyl (C=O) groups is 2. The molecule has 26 heavy (non-hydrogen) atoms. The molecule has 1 aromatic carbocycles. The summed E-state index contributed by atoms with van der Waals surface area (Å²) >= 11 is 0.825. The van der Waals surface area contributed by atoms with Crippen molar-refractivity contribution in [3.8, 4) is 5.75 Å². The fourth-order valence-corrected chi connectivity index (χ4v) is 3.12. The molecular formula is C16H15N5O4S. The van der Waals surface area contributed by atoms with Gasteiger partial charge in [-0.05, 0) is 30.6 Å². The van der Waals surface area contributed by atoms with Crippen LogP contribution in [-0.4, -0.2) is 32.3 Å². The number of nitrogens with zero attached hydrogens (tertiary/aromatic N) is 3. The molecule has 2 aromatic heterocycles. The highest BCUT2D eigenvalue weighted by Gasteiger charge is 2.17. The second-order valence-corrected chi connectivity index (χ2v) is 6.00. The molecule has 2 heterocycles. The highest BCUT2D eigenvalue weighted by Crippen LogP contribution is 2.23. The van der Waals surface area contributed by atoms with Crippen molar-refractivity contribution in [1.82, 2.24) is 13.9 Å². The predicted molar refractivity (Wildman–Crippen MR) is 96.4 cm³/mol. The number of rotatable bonds is 6. The number of ether oxygens (including phenoxy) is 1. The number of aromatic nitrogens is 3. The van der Waals surface area contributed by atoms with Crippen molar-refractivity contribution >= 4 is 39.3 Å². The molecule has 0 spiro atoms. The number of fused-ring (bicyclic) bond motifs is 1. The Kier molecular flexibility index (Phi) is 4.94. The number of anilines is 1. The van der Waals surface area contributed by atoms with Crippen LogP contribution in [0.2, 0.25) is 0 Å². The number of primary amides is 1. The molecule has 0 saturated heterocycles. The minimum atomic E-state index is -0.758. The largest absolute Gasteiger partial charge is 0.492 e. The molecule has 2 amide bonds. The van der Waals surface area contributed by atoms with Crippen LogP contribution in [0.25, 0.3) is 10.2 Å². The lowest BCUT2D eigenvalue weighted by Gasteiger charge is -2.11. The number of hydrogen-bond donors (Lipinski definition) is 2. The van der Waals surface area contributed by atoms with Crippen molar-refractivity contribution < 1.29 is 14.3 Å². The van der Waals surface area contributed by atoms with Crippen LogP contribution in [0, 0.1) is 0 Å². The second kappa shape index (κ2) is 7.31. The number of benzene rings is 1. The number of nitrogens with one attached hydrogen (secondary N) is 1. The Morgan fingerprint density at radius 3 is 2.85 bits per heavy atom. The third-order valence-electron chi connectivity index (χ3n) is 3.46. The van der Waals surface area contributed by atoms with Crippen LogP contribution in [0.1, 0.15) is 17.4 Å². The maximum absolute atomic E-state index is 12.5. The van der Waals surface area contributed by atoms with Gasteiger partial charge in [-0.1, -0.05) is 12.1 Å². The molecule has 0 atom stereocenters. The van der Waals surface area contributed by atoms with Gasteiger partial charge >= 0.3 is 0 Å². The third-order valence-corrected chi connectivity index (χ3v) is 4.28. The molecule has 3 rings (SSSR count). The van der Waals surface area contributed by atoms with E-state index in [0.29, 0.717) is 18.0 Å². The van der Waals surface area contributed by atoms with Crippen LogP contribution in [0.5, 0.6) is 5.75 Å². The van der Waals surface area contributed by atoms with Crippen molar-refractivity contribution in [2.24, 2.45) is 5.73 Å². The molecule has 0 unspecified atom stereocenters. The molecule has 3 aromatic rings. The minimum Gasteiger partial charge on any atom is -0.492 e. The van der Waals surface area contributed by atoms with Crippen LogP contribution in [0.4, 0.5) is 5.69 Å². The summed E-state index contributed by atoms with van der Waals surface area (Å²) < 4.78 is 10.6. The van der Waals surface area contributed by atoms with Gasteiger partial charge in [0.05, 0.1) is 18.6 Å². The van der Waals surface area contributed by atoms with Gasteiger partial charge in [0.1, 0.15) is 22.5 Å². The average molecular weight is 373 g/mol. The summed E-state index contributed by atoms with van der Waals surface area (Å²) in [6.07, 6.45) is 1.19. The molecular weight excluding hydrogens is 358 g/mol. The van der Waals surface area contributed by atoms with Crippen molar-refractivity contribution in [1.29, 1.82) is 0 Å². The van der Waals surface area contributed by atoms with Gasteiger partial charge < -0.3 is 15.8 Å².